The van der Waals surface area contributed by atoms with E-state index in [1.807, 2.05) is 25.4 Å². The first-order valence-electron chi connectivity index (χ1n) is 4.27. The van der Waals surface area contributed by atoms with Gasteiger partial charge in [-0.25, -0.2) is 0 Å². The van der Waals surface area contributed by atoms with Crippen molar-refractivity contribution in [2.24, 2.45) is 0 Å². The molecule has 68 valence electrons. The predicted molar refractivity (Wildman–Crippen MR) is 50.8 cm³/mol. The van der Waals surface area contributed by atoms with E-state index < -0.39 is 0 Å². The summed E-state index contributed by atoms with van der Waals surface area (Å²) in [4.78, 5) is 6.14. The maximum absolute atomic E-state index is 8.39. The Morgan fingerprint density at radius 3 is 3.08 bits per heavy atom. The summed E-state index contributed by atoms with van der Waals surface area (Å²) >= 11 is 0. The molecule has 1 rings (SSSR count). The van der Waals surface area contributed by atoms with Gasteiger partial charge in [0, 0.05) is 31.9 Å². The summed E-state index contributed by atoms with van der Waals surface area (Å²) in [6.45, 7) is 1.67. The molecule has 0 aromatic carbocycles. The Morgan fingerprint density at radius 1 is 1.62 bits per heavy atom. The monoisotopic (exact) mass is 175 g/mol. The minimum Gasteiger partial charge on any atom is -0.301 e. The average molecular weight is 175 g/mol. The van der Waals surface area contributed by atoms with Crippen LogP contribution in [0.1, 0.15) is 12.0 Å². The van der Waals surface area contributed by atoms with E-state index >= 15 is 0 Å². The van der Waals surface area contributed by atoms with Gasteiger partial charge in [-0.1, -0.05) is 6.07 Å². The number of hydrogen-bond acceptors (Lipinski definition) is 3. The highest BCUT2D eigenvalue weighted by Crippen LogP contribution is 2.00. The number of rotatable bonds is 4. The molecule has 0 radical (unpaired) electrons. The summed E-state index contributed by atoms with van der Waals surface area (Å²) in [6.07, 6.45) is 4.19. The molecular formula is C10H13N3. The van der Waals surface area contributed by atoms with Gasteiger partial charge >= 0.3 is 0 Å². The van der Waals surface area contributed by atoms with Crippen LogP contribution in [0.4, 0.5) is 0 Å². The first-order chi connectivity index (χ1) is 6.33. The lowest BCUT2D eigenvalue weighted by atomic mass is 10.2. The van der Waals surface area contributed by atoms with Crippen molar-refractivity contribution in [3.05, 3.63) is 30.1 Å². The van der Waals surface area contributed by atoms with Crippen LogP contribution < -0.4 is 0 Å². The standard InChI is InChI=1S/C10H13N3/c1-13(7-3-5-11)9-10-4-2-6-12-8-10/h2,4,6,8H,3,7,9H2,1H3. The Kier molecular flexibility index (Phi) is 3.94. The van der Waals surface area contributed by atoms with Crippen molar-refractivity contribution in [1.29, 1.82) is 5.26 Å². The summed E-state index contributed by atoms with van der Waals surface area (Å²) in [7, 11) is 2.00. The van der Waals surface area contributed by atoms with Gasteiger partial charge in [-0.05, 0) is 18.7 Å². The van der Waals surface area contributed by atoms with Crippen LogP contribution >= 0.6 is 0 Å². The van der Waals surface area contributed by atoms with Crippen molar-refractivity contribution in [3.63, 3.8) is 0 Å². The third-order valence-corrected chi connectivity index (χ3v) is 1.78. The Bertz CT molecular complexity index is 276. The second-order valence-electron chi connectivity index (χ2n) is 3.01. The molecule has 0 aliphatic rings. The third kappa shape index (κ3) is 3.68. The Labute approximate surface area is 78.6 Å². The number of nitrogens with zero attached hydrogens (tertiary/aromatic N) is 3. The molecule has 0 atom stereocenters. The first kappa shape index (κ1) is 9.69. The molecule has 1 heterocycles. The van der Waals surface area contributed by atoms with E-state index in [-0.39, 0.29) is 0 Å². The first-order valence-corrected chi connectivity index (χ1v) is 4.27. The van der Waals surface area contributed by atoms with Crippen LogP contribution in [0, 0.1) is 11.3 Å². The van der Waals surface area contributed by atoms with Gasteiger partial charge in [-0.15, -0.1) is 0 Å². The van der Waals surface area contributed by atoms with Gasteiger partial charge in [-0.3, -0.25) is 4.98 Å². The molecule has 0 N–H and O–H groups in total. The number of aromatic nitrogens is 1. The summed E-state index contributed by atoms with van der Waals surface area (Å²) in [5.41, 5.74) is 1.18. The van der Waals surface area contributed by atoms with Crippen LogP contribution in [0.5, 0.6) is 0 Å². The van der Waals surface area contributed by atoms with Crippen molar-refractivity contribution in [2.45, 2.75) is 13.0 Å². The summed E-state index contributed by atoms with van der Waals surface area (Å²) in [6, 6.07) is 6.09. The van der Waals surface area contributed by atoms with E-state index in [9.17, 15) is 0 Å². The Morgan fingerprint density at radius 2 is 2.46 bits per heavy atom. The van der Waals surface area contributed by atoms with Gasteiger partial charge in [-0.2, -0.15) is 5.26 Å². The summed E-state index contributed by atoms with van der Waals surface area (Å²) < 4.78 is 0. The molecular weight excluding hydrogens is 162 g/mol. The highest BCUT2D eigenvalue weighted by Gasteiger charge is 1.98. The van der Waals surface area contributed by atoms with E-state index in [4.69, 9.17) is 5.26 Å². The molecule has 0 amide bonds. The predicted octanol–water partition coefficient (Wildman–Crippen LogP) is 1.43. The van der Waals surface area contributed by atoms with Gasteiger partial charge in [0.05, 0.1) is 6.07 Å². The van der Waals surface area contributed by atoms with E-state index in [1.54, 1.807) is 6.20 Å². The van der Waals surface area contributed by atoms with Crippen LogP contribution in [0.15, 0.2) is 24.5 Å². The quantitative estimate of drug-likeness (QED) is 0.695. The molecule has 1 aromatic heterocycles. The lowest BCUT2D eigenvalue weighted by Crippen LogP contribution is -2.18. The number of pyridine rings is 1. The van der Waals surface area contributed by atoms with Gasteiger partial charge in [0.25, 0.3) is 0 Å². The topological polar surface area (TPSA) is 39.9 Å². The number of hydrogen-bond donors (Lipinski definition) is 0. The van der Waals surface area contributed by atoms with Gasteiger partial charge in [0.2, 0.25) is 0 Å². The van der Waals surface area contributed by atoms with Crippen molar-refractivity contribution < 1.29 is 0 Å². The summed E-state index contributed by atoms with van der Waals surface area (Å²) in [5, 5.41) is 8.39. The van der Waals surface area contributed by atoms with Crippen molar-refractivity contribution in [1.82, 2.24) is 9.88 Å². The SMILES string of the molecule is CN(CCC#N)Cc1cccnc1. The van der Waals surface area contributed by atoms with Crippen LogP contribution in [0.25, 0.3) is 0 Å². The van der Waals surface area contributed by atoms with Crippen molar-refractivity contribution >= 4 is 0 Å². The zero-order valence-corrected chi connectivity index (χ0v) is 7.77. The fourth-order valence-corrected chi connectivity index (χ4v) is 1.12. The van der Waals surface area contributed by atoms with Crippen LogP contribution in [-0.2, 0) is 6.54 Å². The molecule has 3 nitrogen and oxygen atoms in total. The molecule has 0 fully saturated rings. The fourth-order valence-electron chi connectivity index (χ4n) is 1.12. The average Bonchev–Trinajstić information content (AvgIpc) is 2.16. The molecule has 0 saturated carbocycles. The van der Waals surface area contributed by atoms with Crippen LogP contribution in [-0.4, -0.2) is 23.5 Å². The highest BCUT2D eigenvalue weighted by atomic mass is 15.1. The minimum absolute atomic E-state index is 0.580. The Hall–Kier alpha value is -1.40. The number of nitriles is 1. The lowest BCUT2D eigenvalue weighted by molar-refractivity contribution is 0.334. The fraction of sp³-hybridized carbons (Fsp3) is 0.400. The molecule has 0 aliphatic heterocycles. The summed E-state index contributed by atoms with van der Waals surface area (Å²) in [5.74, 6) is 0. The molecule has 0 spiro atoms. The normalized spacial score (nSPS) is 9.92. The zero-order chi connectivity index (χ0) is 9.52. The van der Waals surface area contributed by atoms with Crippen molar-refractivity contribution in [3.8, 4) is 6.07 Å². The maximum atomic E-state index is 8.39. The van der Waals surface area contributed by atoms with Gasteiger partial charge < -0.3 is 4.90 Å². The van der Waals surface area contributed by atoms with E-state index in [0.717, 1.165) is 13.1 Å². The second-order valence-corrected chi connectivity index (χ2v) is 3.01. The maximum Gasteiger partial charge on any atom is 0.0635 e. The second kappa shape index (κ2) is 5.28. The van der Waals surface area contributed by atoms with Crippen LogP contribution in [0.3, 0.4) is 0 Å². The molecule has 1 aromatic rings. The van der Waals surface area contributed by atoms with E-state index in [0.29, 0.717) is 6.42 Å². The van der Waals surface area contributed by atoms with Crippen molar-refractivity contribution in [2.75, 3.05) is 13.6 Å². The molecule has 3 heteroatoms. The largest absolute Gasteiger partial charge is 0.301 e. The molecule has 13 heavy (non-hydrogen) atoms. The molecule has 0 bridgehead atoms. The smallest absolute Gasteiger partial charge is 0.0635 e. The van der Waals surface area contributed by atoms with E-state index in [2.05, 4.69) is 16.0 Å². The molecule has 0 aliphatic carbocycles. The van der Waals surface area contributed by atoms with Gasteiger partial charge in [0.15, 0.2) is 0 Å². The minimum atomic E-state index is 0.580. The van der Waals surface area contributed by atoms with E-state index in [1.165, 1.54) is 5.56 Å². The molecule has 0 unspecified atom stereocenters. The Balaban J connectivity index is 2.37. The highest BCUT2D eigenvalue weighted by molar-refractivity contribution is 5.07. The third-order valence-electron chi connectivity index (χ3n) is 1.78. The van der Waals surface area contributed by atoms with Crippen LogP contribution in [0.2, 0.25) is 0 Å². The lowest BCUT2D eigenvalue weighted by Gasteiger charge is -2.13. The molecule has 0 saturated heterocycles. The zero-order valence-electron chi connectivity index (χ0n) is 7.77. The van der Waals surface area contributed by atoms with Gasteiger partial charge in [0.1, 0.15) is 0 Å².